The van der Waals surface area contributed by atoms with Gasteiger partial charge in [-0.15, -0.1) is 0 Å². The smallest absolute Gasteiger partial charge is 0.311 e. The number of aromatic nitrogens is 2. The van der Waals surface area contributed by atoms with Crippen LogP contribution in [0.5, 0.6) is 0 Å². The van der Waals surface area contributed by atoms with Crippen molar-refractivity contribution in [3.8, 4) is 0 Å². The first kappa shape index (κ1) is 12.4. The molecule has 0 amide bonds. The summed E-state index contributed by atoms with van der Waals surface area (Å²) in [4.78, 5) is 15.4. The Kier molecular flexibility index (Phi) is 2.69. The van der Waals surface area contributed by atoms with Gasteiger partial charge in [-0.2, -0.15) is 0 Å². The standard InChI is InChI=1S/C16H22N2O2/c1-9-8-17-14(7-15(19)20)18(9)16-12-3-10-2-11(5-12)6-13(16)4-10/h8,10-13,16H,2-7H2,1H3,(H,19,20). The molecule has 0 aliphatic heterocycles. The summed E-state index contributed by atoms with van der Waals surface area (Å²) in [6.07, 6.45) is 8.75. The van der Waals surface area contributed by atoms with Gasteiger partial charge in [-0.3, -0.25) is 4.79 Å². The van der Waals surface area contributed by atoms with E-state index >= 15 is 0 Å². The van der Waals surface area contributed by atoms with E-state index in [0.717, 1.165) is 35.2 Å². The highest BCUT2D eigenvalue weighted by Gasteiger charge is 2.49. The zero-order chi connectivity index (χ0) is 13.9. The number of hydrogen-bond donors (Lipinski definition) is 1. The van der Waals surface area contributed by atoms with Crippen LogP contribution in [0.1, 0.15) is 49.7 Å². The summed E-state index contributed by atoms with van der Waals surface area (Å²) in [6, 6.07) is 0.514. The van der Waals surface area contributed by atoms with Crippen LogP contribution in [0.4, 0.5) is 0 Å². The fourth-order valence-corrected chi connectivity index (χ4v) is 5.49. The van der Waals surface area contributed by atoms with Gasteiger partial charge in [0.15, 0.2) is 0 Å². The second kappa shape index (κ2) is 4.34. The number of imidazole rings is 1. The zero-order valence-corrected chi connectivity index (χ0v) is 12.0. The third kappa shape index (κ3) is 1.80. The highest BCUT2D eigenvalue weighted by molar-refractivity contribution is 5.69. The summed E-state index contributed by atoms with van der Waals surface area (Å²) in [5.74, 6) is 3.38. The SMILES string of the molecule is Cc1cnc(CC(=O)O)n1C1C2CC3CC(C2)CC1C3. The summed E-state index contributed by atoms with van der Waals surface area (Å²) >= 11 is 0. The average Bonchev–Trinajstić information content (AvgIpc) is 2.69. The molecule has 0 atom stereocenters. The molecule has 0 saturated heterocycles. The highest BCUT2D eigenvalue weighted by atomic mass is 16.4. The molecule has 1 N–H and O–H groups in total. The Balaban J connectivity index is 1.70. The minimum Gasteiger partial charge on any atom is -0.481 e. The lowest BCUT2D eigenvalue weighted by molar-refractivity contribution is -0.136. The Bertz CT molecular complexity index is 521. The minimum absolute atomic E-state index is 0.0522. The molecule has 4 heteroatoms. The van der Waals surface area contributed by atoms with Crippen LogP contribution in [0.2, 0.25) is 0 Å². The molecule has 0 unspecified atom stereocenters. The van der Waals surface area contributed by atoms with Gasteiger partial charge in [0.05, 0.1) is 0 Å². The van der Waals surface area contributed by atoms with Crippen molar-refractivity contribution in [2.24, 2.45) is 23.7 Å². The maximum absolute atomic E-state index is 11.1. The first-order valence-electron chi connectivity index (χ1n) is 7.86. The van der Waals surface area contributed by atoms with Crippen LogP contribution in [-0.4, -0.2) is 20.6 Å². The van der Waals surface area contributed by atoms with Gasteiger partial charge in [-0.05, 0) is 62.7 Å². The number of aliphatic carboxylic acids is 1. The van der Waals surface area contributed by atoms with Crippen LogP contribution in [0.15, 0.2) is 6.20 Å². The van der Waals surface area contributed by atoms with Crippen LogP contribution in [0.3, 0.4) is 0 Å². The van der Waals surface area contributed by atoms with Gasteiger partial charge in [0.1, 0.15) is 12.2 Å². The van der Waals surface area contributed by atoms with Crippen molar-refractivity contribution >= 4 is 5.97 Å². The summed E-state index contributed by atoms with van der Waals surface area (Å²) < 4.78 is 2.28. The maximum atomic E-state index is 11.1. The normalized spacial score (nSPS) is 38.4. The summed E-state index contributed by atoms with van der Waals surface area (Å²) in [7, 11) is 0. The number of nitrogens with zero attached hydrogens (tertiary/aromatic N) is 2. The fourth-order valence-electron chi connectivity index (χ4n) is 5.49. The third-order valence-corrected chi connectivity index (χ3v) is 5.84. The molecule has 0 radical (unpaired) electrons. The largest absolute Gasteiger partial charge is 0.481 e. The van der Waals surface area contributed by atoms with Crippen molar-refractivity contribution in [3.63, 3.8) is 0 Å². The first-order chi connectivity index (χ1) is 9.61. The molecular weight excluding hydrogens is 252 g/mol. The van der Waals surface area contributed by atoms with Crippen LogP contribution < -0.4 is 0 Å². The topological polar surface area (TPSA) is 55.1 Å². The molecule has 5 rings (SSSR count). The first-order valence-corrected chi connectivity index (χ1v) is 7.86. The molecular formula is C16H22N2O2. The van der Waals surface area contributed by atoms with E-state index < -0.39 is 5.97 Å². The van der Waals surface area contributed by atoms with E-state index in [4.69, 9.17) is 5.11 Å². The van der Waals surface area contributed by atoms with E-state index in [1.165, 1.54) is 32.1 Å². The van der Waals surface area contributed by atoms with Crippen LogP contribution >= 0.6 is 0 Å². The van der Waals surface area contributed by atoms with Gasteiger partial charge in [-0.25, -0.2) is 4.98 Å². The predicted molar refractivity (Wildman–Crippen MR) is 74.4 cm³/mol. The number of carboxylic acid groups (broad SMARTS) is 1. The number of aryl methyl sites for hydroxylation is 1. The quantitative estimate of drug-likeness (QED) is 0.922. The van der Waals surface area contributed by atoms with E-state index in [1.54, 1.807) is 0 Å². The minimum atomic E-state index is -0.777. The molecule has 1 aromatic rings. The van der Waals surface area contributed by atoms with Crippen molar-refractivity contribution in [1.82, 2.24) is 9.55 Å². The molecule has 0 aromatic carbocycles. The van der Waals surface area contributed by atoms with Crippen LogP contribution in [0.25, 0.3) is 0 Å². The van der Waals surface area contributed by atoms with Gasteiger partial charge in [0.25, 0.3) is 0 Å². The molecule has 1 aromatic heterocycles. The Morgan fingerprint density at radius 2 is 1.85 bits per heavy atom. The van der Waals surface area contributed by atoms with Crippen molar-refractivity contribution in [2.45, 2.75) is 51.5 Å². The Hall–Kier alpha value is -1.32. The van der Waals surface area contributed by atoms with Gasteiger partial charge < -0.3 is 9.67 Å². The molecule has 4 saturated carbocycles. The van der Waals surface area contributed by atoms with Gasteiger partial charge >= 0.3 is 5.97 Å². The molecule has 4 nitrogen and oxygen atoms in total. The van der Waals surface area contributed by atoms with Gasteiger partial charge in [-0.1, -0.05) is 0 Å². The molecule has 1 heterocycles. The monoisotopic (exact) mass is 274 g/mol. The second-order valence-electron chi connectivity index (χ2n) is 7.18. The predicted octanol–water partition coefficient (Wildman–Crippen LogP) is 2.82. The van der Waals surface area contributed by atoms with Crippen LogP contribution in [-0.2, 0) is 11.2 Å². The maximum Gasteiger partial charge on any atom is 0.311 e. The average molecular weight is 274 g/mol. The van der Waals surface area contributed by atoms with E-state index in [0.29, 0.717) is 6.04 Å². The van der Waals surface area contributed by atoms with E-state index in [9.17, 15) is 4.79 Å². The van der Waals surface area contributed by atoms with Crippen molar-refractivity contribution in [3.05, 3.63) is 17.7 Å². The Morgan fingerprint density at radius 3 is 2.40 bits per heavy atom. The molecule has 108 valence electrons. The summed E-state index contributed by atoms with van der Waals surface area (Å²) in [6.45, 7) is 2.07. The van der Waals surface area contributed by atoms with Crippen molar-refractivity contribution in [1.29, 1.82) is 0 Å². The Morgan fingerprint density at radius 1 is 1.25 bits per heavy atom. The summed E-state index contributed by atoms with van der Waals surface area (Å²) in [5.41, 5.74) is 1.14. The highest BCUT2D eigenvalue weighted by Crippen LogP contribution is 2.58. The molecule has 4 aliphatic rings. The molecule has 20 heavy (non-hydrogen) atoms. The lowest BCUT2D eigenvalue weighted by Crippen LogP contribution is -2.46. The van der Waals surface area contributed by atoms with E-state index in [-0.39, 0.29) is 6.42 Å². The fraction of sp³-hybridized carbons (Fsp3) is 0.750. The van der Waals surface area contributed by atoms with Crippen molar-refractivity contribution < 1.29 is 9.90 Å². The van der Waals surface area contributed by atoms with E-state index in [1.807, 2.05) is 6.20 Å². The van der Waals surface area contributed by atoms with Crippen LogP contribution in [0, 0.1) is 30.6 Å². The summed E-state index contributed by atoms with van der Waals surface area (Å²) in [5, 5.41) is 9.10. The van der Waals surface area contributed by atoms with Crippen molar-refractivity contribution in [2.75, 3.05) is 0 Å². The second-order valence-corrected chi connectivity index (χ2v) is 7.18. The molecule has 4 bridgehead atoms. The Labute approximate surface area is 119 Å². The molecule has 4 aliphatic carbocycles. The number of hydrogen-bond acceptors (Lipinski definition) is 2. The number of carbonyl (C=O) groups is 1. The van der Waals surface area contributed by atoms with Gasteiger partial charge in [0.2, 0.25) is 0 Å². The lowest BCUT2D eigenvalue weighted by atomic mass is 9.54. The van der Waals surface area contributed by atoms with E-state index in [2.05, 4.69) is 16.5 Å². The number of rotatable bonds is 3. The zero-order valence-electron chi connectivity index (χ0n) is 12.0. The van der Waals surface area contributed by atoms with Gasteiger partial charge in [0, 0.05) is 17.9 Å². The third-order valence-electron chi connectivity index (χ3n) is 5.84. The molecule has 0 spiro atoms. The number of carboxylic acids is 1. The lowest BCUT2D eigenvalue weighted by Gasteiger charge is -2.55. The molecule has 4 fully saturated rings.